The number of nitrogens with one attached hydrogen (secondary N) is 4. The summed E-state index contributed by atoms with van der Waals surface area (Å²) in [5.41, 5.74) is 1.76. The lowest BCUT2D eigenvalue weighted by atomic mass is 10.0. The van der Waals surface area contributed by atoms with Gasteiger partial charge in [-0.25, -0.2) is 9.78 Å². The Morgan fingerprint density at radius 3 is 3.04 bits per heavy atom. The molecule has 3 amide bonds. The molecule has 8 heteroatoms. The first-order valence-electron chi connectivity index (χ1n) is 8.62. The van der Waals surface area contributed by atoms with Crippen molar-refractivity contribution in [3.8, 4) is 0 Å². The monoisotopic (exact) mass is 359 g/mol. The van der Waals surface area contributed by atoms with E-state index in [1.54, 1.807) is 0 Å². The Morgan fingerprint density at radius 2 is 2.16 bits per heavy atom. The zero-order valence-electron chi connectivity index (χ0n) is 13.7. The molecule has 0 radical (unpaired) electrons. The third-order valence-electron chi connectivity index (χ3n) is 4.73. The Bertz CT molecular complexity index is 759. The molecule has 0 spiro atoms. The number of benzene rings is 1. The number of urea groups is 1. The number of rotatable bonds is 6. The van der Waals surface area contributed by atoms with E-state index in [9.17, 15) is 9.59 Å². The van der Waals surface area contributed by atoms with Crippen molar-refractivity contribution < 1.29 is 9.59 Å². The number of aromatic nitrogens is 2. The molecule has 0 unspecified atom stereocenters. The van der Waals surface area contributed by atoms with Crippen LogP contribution in [0.4, 0.5) is 10.7 Å². The molecule has 2 aliphatic heterocycles. The second-order valence-electron chi connectivity index (χ2n) is 6.52. The number of imidazole rings is 1. The minimum absolute atomic E-state index is 0.0214. The third-order valence-corrected chi connectivity index (χ3v) is 6.24. The summed E-state index contributed by atoms with van der Waals surface area (Å²) in [6, 6.07) is 8.14. The van der Waals surface area contributed by atoms with Crippen LogP contribution in [-0.4, -0.2) is 45.0 Å². The molecular formula is C17H21N5O2S. The van der Waals surface area contributed by atoms with Crippen molar-refractivity contribution in [2.45, 2.75) is 43.0 Å². The molecule has 132 valence electrons. The van der Waals surface area contributed by atoms with E-state index < -0.39 is 0 Å². The molecule has 1 aromatic heterocycles. The summed E-state index contributed by atoms with van der Waals surface area (Å²) in [5.74, 6) is 1.45. The third kappa shape index (κ3) is 3.58. The summed E-state index contributed by atoms with van der Waals surface area (Å²) in [6.07, 6.45) is 3.31. The first-order valence-corrected chi connectivity index (χ1v) is 9.67. The van der Waals surface area contributed by atoms with Crippen LogP contribution in [0.15, 0.2) is 24.3 Å². The van der Waals surface area contributed by atoms with Crippen LogP contribution < -0.4 is 16.0 Å². The van der Waals surface area contributed by atoms with E-state index in [4.69, 9.17) is 0 Å². The molecule has 7 nitrogen and oxygen atoms in total. The fourth-order valence-corrected chi connectivity index (χ4v) is 5.02. The summed E-state index contributed by atoms with van der Waals surface area (Å²) in [6.45, 7) is 0. The molecule has 3 heterocycles. The number of thioether (sulfide) groups is 1. The molecule has 0 saturated carbocycles. The van der Waals surface area contributed by atoms with E-state index in [-0.39, 0.29) is 24.0 Å². The molecule has 2 aromatic rings. The van der Waals surface area contributed by atoms with Crippen LogP contribution in [0.25, 0.3) is 11.0 Å². The summed E-state index contributed by atoms with van der Waals surface area (Å²) in [4.78, 5) is 30.9. The van der Waals surface area contributed by atoms with Crippen LogP contribution in [0.5, 0.6) is 0 Å². The van der Waals surface area contributed by atoms with E-state index in [0.717, 1.165) is 36.0 Å². The van der Waals surface area contributed by atoms with Gasteiger partial charge in [-0.05, 0) is 25.0 Å². The van der Waals surface area contributed by atoms with Gasteiger partial charge in [-0.3, -0.25) is 10.1 Å². The maximum Gasteiger partial charge on any atom is 0.315 e. The van der Waals surface area contributed by atoms with Crippen molar-refractivity contribution in [1.82, 2.24) is 20.6 Å². The van der Waals surface area contributed by atoms with Gasteiger partial charge in [0.25, 0.3) is 0 Å². The van der Waals surface area contributed by atoms with Gasteiger partial charge < -0.3 is 15.6 Å². The summed E-state index contributed by atoms with van der Waals surface area (Å²) >= 11 is 1.91. The number of fused-ring (bicyclic) bond motifs is 2. The fourth-order valence-electron chi connectivity index (χ4n) is 3.48. The Balaban J connectivity index is 1.20. The molecule has 0 bridgehead atoms. The normalized spacial score (nSPS) is 24.8. The molecule has 2 aliphatic rings. The van der Waals surface area contributed by atoms with Crippen molar-refractivity contribution in [1.29, 1.82) is 0 Å². The number of hydrogen-bond donors (Lipinski definition) is 4. The van der Waals surface area contributed by atoms with Crippen LogP contribution >= 0.6 is 11.8 Å². The van der Waals surface area contributed by atoms with Gasteiger partial charge in [0.15, 0.2) is 0 Å². The highest BCUT2D eigenvalue weighted by atomic mass is 32.2. The van der Waals surface area contributed by atoms with Gasteiger partial charge in [0.1, 0.15) is 0 Å². The minimum Gasteiger partial charge on any atom is -0.332 e. The molecule has 25 heavy (non-hydrogen) atoms. The SMILES string of the molecule is O=C(CCCC[C@@H]1SC[C@@H]2NC(=O)N[C@H]21)Nc1nc2ccccc2[nH]1. The van der Waals surface area contributed by atoms with Gasteiger partial charge >= 0.3 is 6.03 Å². The number of hydrogen-bond acceptors (Lipinski definition) is 4. The number of unbranched alkanes of at least 4 members (excludes halogenated alkanes) is 1. The van der Waals surface area contributed by atoms with Crippen LogP contribution in [0.1, 0.15) is 25.7 Å². The second kappa shape index (κ2) is 6.95. The van der Waals surface area contributed by atoms with Crippen LogP contribution in [0.2, 0.25) is 0 Å². The Hall–Kier alpha value is -2.22. The molecule has 2 saturated heterocycles. The first kappa shape index (κ1) is 16.3. The average Bonchev–Trinajstić information content (AvgIpc) is 3.25. The largest absolute Gasteiger partial charge is 0.332 e. The van der Waals surface area contributed by atoms with Crippen molar-refractivity contribution in [2.75, 3.05) is 11.1 Å². The van der Waals surface area contributed by atoms with Crippen LogP contribution in [0.3, 0.4) is 0 Å². The summed E-state index contributed by atoms with van der Waals surface area (Å²) < 4.78 is 0. The number of anilines is 1. The maximum absolute atomic E-state index is 12.1. The van der Waals surface area contributed by atoms with Gasteiger partial charge in [0.2, 0.25) is 11.9 Å². The van der Waals surface area contributed by atoms with Crippen molar-refractivity contribution in [2.24, 2.45) is 0 Å². The predicted molar refractivity (Wildman–Crippen MR) is 98.7 cm³/mol. The molecular weight excluding hydrogens is 338 g/mol. The molecule has 4 N–H and O–H groups in total. The number of aromatic amines is 1. The van der Waals surface area contributed by atoms with Gasteiger partial charge in [0, 0.05) is 17.4 Å². The van der Waals surface area contributed by atoms with Gasteiger partial charge in [0.05, 0.1) is 23.1 Å². The zero-order valence-corrected chi connectivity index (χ0v) is 14.6. The Kier molecular flexibility index (Phi) is 4.52. The quantitative estimate of drug-likeness (QED) is 0.469. The van der Waals surface area contributed by atoms with E-state index in [1.807, 2.05) is 36.0 Å². The molecule has 0 aliphatic carbocycles. The van der Waals surface area contributed by atoms with Crippen molar-refractivity contribution in [3.63, 3.8) is 0 Å². The molecule has 3 atom stereocenters. The lowest BCUT2D eigenvalue weighted by molar-refractivity contribution is -0.116. The molecule has 1 aromatic carbocycles. The second-order valence-corrected chi connectivity index (χ2v) is 7.79. The van der Waals surface area contributed by atoms with Crippen LogP contribution in [-0.2, 0) is 4.79 Å². The van der Waals surface area contributed by atoms with E-state index >= 15 is 0 Å². The Morgan fingerprint density at radius 1 is 1.28 bits per heavy atom. The number of H-pyrrole nitrogens is 1. The smallest absolute Gasteiger partial charge is 0.315 e. The Labute approximate surface area is 149 Å². The average molecular weight is 359 g/mol. The minimum atomic E-state index is -0.0505. The molecule has 4 rings (SSSR count). The van der Waals surface area contributed by atoms with E-state index in [1.165, 1.54) is 0 Å². The highest BCUT2D eigenvalue weighted by molar-refractivity contribution is 8.00. The fraction of sp³-hybridized carbons (Fsp3) is 0.471. The van der Waals surface area contributed by atoms with Gasteiger partial charge in [-0.1, -0.05) is 18.6 Å². The number of carbonyl (C=O) groups is 2. The van der Waals surface area contributed by atoms with Crippen molar-refractivity contribution >= 4 is 40.7 Å². The topological polar surface area (TPSA) is 98.9 Å². The van der Waals surface area contributed by atoms with E-state index in [2.05, 4.69) is 25.9 Å². The standard InChI is InChI=1S/C17H21N5O2S/c23-14(21-16-18-10-5-1-2-6-11(10)19-16)8-4-3-7-13-15-12(9-25-13)20-17(24)22-15/h1-2,5-6,12-13,15H,3-4,7-9H2,(H2,20,22,24)(H2,18,19,21,23)/t12-,13-,15+/m0/s1. The number of carbonyl (C=O) groups excluding carboxylic acids is 2. The van der Waals surface area contributed by atoms with Gasteiger partial charge in [-0.15, -0.1) is 0 Å². The lowest BCUT2D eigenvalue weighted by Gasteiger charge is -2.16. The highest BCUT2D eigenvalue weighted by Crippen LogP contribution is 2.33. The zero-order chi connectivity index (χ0) is 17.2. The molecule has 2 fully saturated rings. The summed E-state index contributed by atoms with van der Waals surface area (Å²) in [5, 5.41) is 9.22. The first-order chi connectivity index (χ1) is 12.2. The number of para-hydroxylation sites is 2. The van der Waals surface area contributed by atoms with Gasteiger partial charge in [-0.2, -0.15) is 11.8 Å². The lowest BCUT2D eigenvalue weighted by Crippen LogP contribution is -2.36. The van der Waals surface area contributed by atoms with Crippen LogP contribution in [0, 0.1) is 0 Å². The maximum atomic E-state index is 12.1. The number of amides is 3. The van der Waals surface area contributed by atoms with Crippen molar-refractivity contribution in [3.05, 3.63) is 24.3 Å². The number of nitrogens with zero attached hydrogens (tertiary/aromatic N) is 1. The predicted octanol–water partition coefficient (Wildman–Crippen LogP) is 2.23. The highest BCUT2D eigenvalue weighted by Gasteiger charge is 2.42. The van der Waals surface area contributed by atoms with E-state index in [0.29, 0.717) is 17.6 Å². The summed E-state index contributed by atoms with van der Waals surface area (Å²) in [7, 11) is 0.